The van der Waals surface area contributed by atoms with Crippen LogP contribution in [0, 0.1) is 5.41 Å². The Morgan fingerprint density at radius 3 is 2.92 bits per heavy atom. The SMILES string of the molecule is CC1(CO[C@@H]2CCNC[C@H]2F)CC1. The molecule has 0 unspecified atom stereocenters. The zero-order valence-corrected chi connectivity index (χ0v) is 8.18. The summed E-state index contributed by atoms with van der Waals surface area (Å²) in [6.45, 7) is 4.31. The van der Waals surface area contributed by atoms with Crippen LogP contribution >= 0.6 is 0 Å². The van der Waals surface area contributed by atoms with Gasteiger partial charge in [-0.3, -0.25) is 0 Å². The van der Waals surface area contributed by atoms with Gasteiger partial charge in [0.2, 0.25) is 0 Å². The second-order valence-electron chi connectivity index (χ2n) is 4.67. The van der Waals surface area contributed by atoms with E-state index in [0.717, 1.165) is 19.6 Å². The molecule has 1 aliphatic carbocycles. The fourth-order valence-corrected chi connectivity index (χ4v) is 1.65. The van der Waals surface area contributed by atoms with Crippen LogP contribution in [-0.4, -0.2) is 32.0 Å². The number of rotatable bonds is 3. The number of hydrogen-bond acceptors (Lipinski definition) is 2. The molecule has 2 aliphatic rings. The van der Waals surface area contributed by atoms with Crippen molar-refractivity contribution in [1.82, 2.24) is 5.32 Å². The fourth-order valence-electron chi connectivity index (χ4n) is 1.65. The zero-order valence-electron chi connectivity index (χ0n) is 8.18. The average molecular weight is 187 g/mol. The average Bonchev–Trinajstić information content (AvgIpc) is 2.83. The van der Waals surface area contributed by atoms with E-state index in [1.165, 1.54) is 12.8 Å². The van der Waals surface area contributed by atoms with Gasteiger partial charge in [0.05, 0.1) is 12.7 Å². The van der Waals surface area contributed by atoms with Crippen LogP contribution in [0.25, 0.3) is 0 Å². The predicted octanol–water partition coefficient (Wildman–Crippen LogP) is 1.50. The molecule has 0 amide bonds. The van der Waals surface area contributed by atoms with E-state index >= 15 is 0 Å². The highest BCUT2D eigenvalue weighted by Crippen LogP contribution is 2.45. The van der Waals surface area contributed by atoms with Crippen molar-refractivity contribution in [3.63, 3.8) is 0 Å². The van der Waals surface area contributed by atoms with Gasteiger partial charge in [-0.15, -0.1) is 0 Å². The molecule has 2 atom stereocenters. The van der Waals surface area contributed by atoms with Gasteiger partial charge in [-0.25, -0.2) is 4.39 Å². The first-order valence-corrected chi connectivity index (χ1v) is 5.16. The standard InChI is InChI=1S/C10H18FNO/c1-10(3-4-10)7-13-9-2-5-12-6-8(9)11/h8-9,12H,2-7H2,1H3/t8-,9-/m1/s1. The summed E-state index contributed by atoms with van der Waals surface area (Å²) >= 11 is 0. The van der Waals surface area contributed by atoms with Crippen molar-refractivity contribution in [3.8, 4) is 0 Å². The summed E-state index contributed by atoms with van der Waals surface area (Å²) in [6, 6.07) is 0. The Bertz CT molecular complexity index is 182. The molecular weight excluding hydrogens is 169 g/mol. The minimum Gasteiger partial charge on any atom is -0.375 e. The van der Waals surface area contributed by atoms with Crippen LogP contribution in [0.1, 0.15) is 26.2 Å². The molecule has 76 valence electrons. The van der Waals surface area contributed by atoms with Gasteiger partial charge in [0.1, 0.15) is 6.17 Å². The van der Waals surface area contributed by atoms with Crippen molar-refractivity contribution < 1.29 is 9.13 Å². The maximum absolute atomic E-state index is 13.3. The van der Waals surface area contributed by atoms with Crippen LogP contribution in [0.3, 0.4) is 0 Å². The lowest BCUT2D eigenvalue weighted by atomic mass is 10.1. The molecule has 1 N–H and O–H groups in total. The van der Waals surface area contributed by atoms with Gasteiger partial charge in [-0.2, -0.15) is 0 Å². The maximum atomic E-state index is 13.3. The zero-order chi connectivity index (χ0) is 9.31. The van der Waals surface area contributed by atoms with Crippen molar-refractivity contribution in [1.29, 1.82) is 0 Å². The third kappa shape index (κ3) is 2.41. The number of nitrogens with one attached hydrogen (secondary N) is 1. The second kappa shape index (κ2) is 3.54. The van der Waals surface area contributed by atoms with E-state index in [0.29, 0.717) is 12.0 Å². The quantitative estimate of drug-likeness (QED) is 0.723. The molecule has 0 spiro atoms. The maximum Gasteiger partial charge on any atom is 0.139 e. The molecule has 13 heavy (non-hydrogen) atoms. The Balaban J connectivity index is 1.73. The van der Waals surface area contributed by atoms with Gasteiger partial charge >= 0.3 is 0 Å². The number of halogens is 1. The van der Waals surface area contributed by atoms with E-state index in [2.05, 4.69) is 12.2 Å². The van der Waals surface area contributed by atoms with E-state index in [1.807, 2.05) is 0 Å². The van der Waals surface area contributed by atoms with Gasteiger partial charge in [-0.05, 0) is 31.2 Å². The van der Waals surface area contributed by atoms with E-state index in [1.54, 1.807) is 0 Å². The summed E-state index contributed by atoms with van der Waals surface area (Å²) in [5.41, 5.74) is 0.380. The Hall–Kier alpha value is -0.150. The van der Waals surface area contributed by atoms with Crippen LogP contribution in [0.4, 0.5) is 4.39 Å². The molecular formula is C10H18FNO. The van der Waals surface area contributed by atoms with Gasteiger partial charge in [0, 0.05) is 6.54 Å². The number of alkyl halides is 1. The van der Waals surface area contributed by atoms with Crippen LogP contribution in [0.15, 0.2) is 0 Å². The molecule has 1 saturated heterocycles. The highest BCUT2D eigenvalue weighted by Gasteiger charge is 2.39. The van der Waals surface area contributed by atoms with E-state index in [4.69, 9.17) is 4.74 Å². The molecule has 0 bridgehead atoms. The predicted molar refractivity (Wildman–Crippen MR) is 49.5 cm³/mol. The summed E-state index contributed by atoms with van der Waals surface area (Å²) < 4.78 is 18.9. The fraction of sp³-hybridized carbons (Fsp3) is 1.00. The molecule has 0 aromatic heterocycles. The molecule has 1 heterocycles. The normalized spacial score (nSPS) is 37.4. The largest absolute Gasteiger partial charge is 0.375 e. The van der Waals surface area contributed by atoms with Crippen LogP contribution in [0.2, 0.25) is 0 Å². The van der Waals surface area contributed by atoms with E-state index < -0.39 is 6.17 Å². The number of ether oxygens (including phenoxy) is 1. The summed E-state index contributed by atoms with van der Waals surface area (Å²) in [5, 5.41) is 3.02. The van der Waals surface area contributed by atoms with Crippen molar-refractivity contribution in [2.45, 2.75) is 38.5 Å². The van der Waals surface area contributed by atoms with Crippen LogP contribution in [0.5, 0.6) is 0 Å². The number of hydrogen-bond donors (Lipinski definition) is 1. The lowest BCUT2D eigenvalue weighted by molar-refractivity contribution is -0.0346. The van der Waals surface area contributed by atoms with Crippen molar-refractivity contribution in [3.05, 3.63) is 0 Å². The number of piperidine rings is 1. The van der Waals surface area contributed by atoms with Gasteiger partial charge < -0.3 is 10.1 Å². The third-order valence-electron chi connectivity index (χ3n) is 3.10. The monoisotopic (exact) mass is 187 g/mol. The molecule has 2 fully saturated rings. The molecule has 1 saturated carbocycles. The molecule has 0 aromatic carbocycles. The topological polar surface area (TPSA) is 21.3 Å². The van der Waals surface area contributed by atoms with Crippen LogP contribution < -0.4 is 5.32 Å². The molecule has 0 radical (unpaired) electrons. The molecule has 1 aliphatic heterocycles. The highest BCUT2D eigenvalue weighted by molar-refractivity contribution is 4.89. The summed E-state index contributed by atoms with van der Waals surface area (Å²) in [5.74, 6) is 0. The van der Waals surface area contributed by atoms with Crippen molar-refractivity contribution in [2.75, 3.05) is 19.7 Å². The van der Waals surface area contributed by atoms with Gasteiger partial charge in [0.25, 0.3) is 0 Å². The molecule has 2 rings (SSSR count). The first-order chi connectivity index (χ1) is 6.20. The molecule has 2 nitrogen and oxygen atoms in total. The molecule has 3 heteroatoms. The second-order valence-corrected chi connectivity index (χ2v) is 4.67. The lowest BCUT2D eigenvalue weighted by Crippen LogP contribution is -2.43. The minimum atomic E-state index is -0.809. The molecule has 0 aromatic rings. The Morgan fingerprint density at radius 2 is 2.31 bits per heavy atom. The Kier molecular flexibility index (Phi) is 2.56. The minimum absolute atomic E-state index is 0.154. The Morgan fingerprint density at radius 1 is 1.54 bits per heavy atom. The summed E-state index contributed by atoms with van der Waals surface area (Å²) in [6.07, 6.45) is 2.34. The first-order valence-electron chi connectivity index (χ1n) is 5.16. The van der Waals surface area contributed by atoms with E-state index in [-0.39, 0.29) is 6.10 Å². The summed E-state index contributed by atoms with van der Waals surface area (Å²) in [7, 11) is 0. The van der Waals surface area contributed by atoms with Crippen molar-refractivity contribution in [2.24, 2.45) is 5.41 Å². The Labute approximate surface area is 78.8 Å². The van der Waals surface area contributed by atoms with E-state index in [9.17, 15) is 4.39 Å². The van der Waals surface area contributed by atoms with Gasteiger partial charge in [-0.1, -0.05) is 6.92 Å². The summed E-state index contributed by atoms with van der Waals surface area (Å²) in [4.78, 5) is 0. The van der Waals surface area contributed by atoms with Gasteiger partial charge in [0.15, 0.2) is 0 Å². The lowest BCUT2D eigenvalue weighted by Gasteiger charge is -2.27. The van der Waals surface area contributed by atoms with Crippen LogP contribution in [-0.2, 0) is 4.74 Å². The highest BCUT2D eigenvalue weighted by atomic mass is 19.1. The first kappa shape index (κ1) is 9.41. The third-order valence-corrected chi connectivity index (χ3v) is 3.10. The van der Waals surface area contributed by atoms with Crippen molar-refractivity contribution >= 4 is 0 Å². The smallest absolute Gasteiger partial charge is 0.139 e.